The van der Waals surface area contributed by atoms with E-state index in [9.17, 15) is 0 Å². The Hall–Kier alpha value is -0.800. The molecule has 0 aliphatic carbocycles. The molecule has 3 heteroatoms. The minimum atomic E-state index is 0.321. The lowest BCUT2D eigenvalue weighted by Gasteiger charge is -2.33. The molecule has 0 fully saturated rings. The second kappa shape index (κ2) is 7.84. The molecule has 0 aromatic carbocycles. The molecule has 0 bridgehead atoms. The van der Waals surface area contributed by atoms with E-state index in [-0.39, 0.29) is 0 Å². The van der Waals surface area contributed by atoms with Gasteiger partial charge >= 0.3 is 0 Å². The third kappa shape index (κ3) is 5.68. The summed E-state index contributed by atoms with van der Waals surface area (Å²) in [5.41, 5.74) is 1.61. The van der Waals surface area contributed by atoms with Crippen molar-refractivity contribution in [1.82, 2.24) is 10.2 Å². The molecule has 1 unspecified atom stereocenters. The fraction of sp³-hybridized carbons (Fsp3) is 0.765. The van der Waals surface area contributed by atoms with Gasteiger partial charge in [-0.1, -0.05) is 27.7 Å². The summed E-state index contributed by atoms with van der Waals surface area (Å²) in [7, 11) is 2.20. The lowest BCUT2D eigenvalue weighted by Crippen LogP contribution is -2.41. The van der Waals surface area contributed by atoms with Gasteiger partial charge in [0.25, 0.3) is 0 Å². The van der Waals surface area contributed by atoms with Gasteiger partial charge in [-0.25, -0.2) is 0 Å². The Labute approximate surface area is 124 Å². The van der Waals surface area contributed by atoms with Crippen molar-refractivity contribution in [2.24, 2.45) is 11.3 Å². The van der Waals surface area contributed by atoms with Gasteiger partial charge in [-0.15, -0.1) is 0 Å². The molecule has 0 saturated carbocycles. The summed E-state index contributed by atoms with van der Waals surface area (Å²) in [5, 5.41) is 3.61. The summed E-state index contributed by atoms with van der Waals surface area (Å²) >= 11 is 0. The van der Waals surface area contributed by atoms with Crippen molar-refractivity contribution in [3.63, 3.8) is 0 Å². The first-order valence-corrected chi connectivity index (χ1v) is 7.78. The van der Waals surface area contributed by atoms with E-state index >= 15 is 0 Å². The number of aryl methyl sites for hydroxylation is 1. The van der Waals surface area contributed by atoms with Crippen LogP contribution < -0.4 is 5.32 Å². The van der Waals surface area contributed by atoms with E-state index in [1.165, 1.54) is 12.0 Å². The summed E-state index contributed by atoms with van der Waals surface area (Å²) < 4.78 is 5.37. The highest BCUT2D eigenvalue weighted by Gasteiger charge is 2.24. The highest BCUT2D eigenvalue weighted by molar-refractivity contribution is 5.15. The lowest BCUT2D eigenvalue weighted by atomic mass is 9.86. The van der Waals surface area contributed by atoms with Crippen LogP contribution in [0.4, 0.5) is 0 Å². The second-order valence-corrected chi connectivity index (χ2v) is 6.86. The Morgan fingerprint density at radius 2 is 2.10 bits per heavy atom. The van der Waals surface area contributed by atoms with Crippen molar-refractivity contribution in [2.75, 3.05) is 26.7 Å². The second-order valence-electron chi connectivity index (χ2n) is 6.86. The largest absolute Gasteiger partial charge is 0.469 e. The zero-order valence-corrected chi connectivity index (χ0v) is 14.1. The molecule has 0 spiro atoms. The van der Waals surface area contributed by atoms with Crippen LogP contribution in [-0.4, -0.2) is 31.6 Å². The van der Waals surface area contributed by atoms with Crippen molar-refractivity contribution in [1.29, 1.82) is 0 Å². The van der Waals surface area contributed by atoms with E-state index in [4.69, 9.17) is 4.42 Å². The Bertz CT molecular complexity index is 386. The van der Waals surface area contributed by atoms with Crippen molar-refractivity contribution in [2.45, 2.75) is 47.6 Å². The average molecular weight is 280 g/mol. The SMILES string of the molecule is CCC(C)(CNCC(C)C)CN(C)Cc1ccoc1C. The van der Waals surface area contributed by atoms with Crippen LogP contribution in [0, 0.1) is 18.3 Å². The summed E-state index contributed by atoms with van der Waals surface area (Å²) in [6, 6.07) is 2.08. The number of hydrogen-bond acceptors (Lipinski definition) is 3. The predicted molar refractivity (Wildman–Crippen MR) is 85.9 cm³/mol. The molecular formula is C17H32N2O. The van der Waals surface area contributed by atoms with Crippen LogP contribution in [0.2, 0.25) is 0 Å². The first-order valence-electron chi connectivity index (χ1n) is 7.78. The average Bonchev–Trinajstić information content (AvgIpc) is 2.74. The van der Waals surface area contributed by atoms with E-state index in [1.54, 1.807) is 6.26 Å². The van der Waals surface area contributed by atoms with Gasteiger partial charge in [0.1, 0.15) is 5.76 Å². The topological polar surface area (TPSA) is 28.4 Å². The van der Waals surface area contributed by atoms with Crippen molar-refractivity contribution in [3.8, 4) is 0 Å². The van der Waals surface area contributed by atoms with Crippen molar-refractivity contribution in [3.05, 3.63) is 23.7 Å². The highest BCUT2D eigenvalue weighted by Crippen LogP contribution is 2.22. The maximum absolute atomic E-state index is 5.37. The summed E-state index contributed by atoms with van der Waals surface area (Å²) in [6.45, 7) is 15.4. The Kier molecular flexibility index (Phi) is 6.77. The van der Waals surface area contributed by atoms with Crippen LogP contribution in [0.25, 0.3) is 0 Å². The molecule has 0 aliphatic rings. The van der Waals surface area contributed by atoms with Crippen molar-refractivity contribution >= 4 is 0 Å². The van der Waals surface area contributed by atoms with Gasteiger partial charge in [-0.05, 0) is 44.3 Å². The zero-order valence-electron chi connectivity index (χ0n) is 14.1. The number of furan rings is 1. The smallest absolute Gasteiger partial charge is 0.105 e. The third-order valence-corrected chi connectivity index (χ3v) is 4.02. The van der Waals surface area contributed by atoms with E-state index in [0.29, 0.717) is 11.3 Å². The minimum absolute atomic E-state index is 0.321. The molecule has 0 amide bonds. The molecule has 0 saturated heterocycles. The normalized spacial score (nSPS) is 15.0. The first kappa shape index (κ1) is 17.3. The van der Waals surface area contributed by atoms with Gasteiger partial charge in [0, 0.05) is 25.2 Å². The molecule has 116 valence electrons. The first-order chi connectivity index (χ1) is 9.36. The summed E-state index contributed by atoms with van der Waals surface area (Å²) in [5.74, 6) is 1.75. The third-order valence-electron chi connectivity index (χ3n) is 4.02. The molecule has 1 aromatic rings. The van der Waals surface area contributed by atoms with Gasteiger partial charge in [0.05, 0.1) is 6.26 Å². The quantitative estimate of drug-likeness (QED) is 0.748. The molecule has 1 rings (SSSR count). The number of nitrogens with one attached hydrogen (secondary N) is 1. The van der Waals surface area contributed by atoms with Gasteiger partial charge < -0.3 is 14.6 Å². The molecule has 20 heavy (non-hydrogen) atoms. The predicted octanol–water partition coefficient (Wildman–Crippen LogP) is 3.68. The van der Waals surface area contributed by atoms with E-state index in [2.05, 4.69) is 51.0 Å². The molecule has 0 radical (unpaired) electrons. The van der Waals surface area contributed by atoms with E-state index in [0.717, 1.165) is 31.9 Å². The molecular weight excluding hydrogens is 248 g/mol. The molecule has 3 nitrogen and oxygen atoms in total. The van der Waals surface area contributed by atoms with Gasteiger partial charge in [0.15, 0.2) is 0 Å². The fourth-order valence-electron chi connectivity index (χ4n) is 2.53. The summed E-state index contributed by atoms with van der Waals surface area (Å²) in [4.78, 5) is 2.40. The van der Waals surface area contributed by atoms with Crippen LogP contribution in [0.15, 0.2) is 16.7 Å². The van der Waals surface area contributed by atoms with Gasteiger partial charge in [-0.3, -0.25) is 0 Å². The Balaban J connectivity index is 2.47. The Morgan fingerprint density at radius 3 is 2.60 bits per heavy atom. The van der Waals surface area contributed by atoms with Gasteiger partial charge in [-0.2, -0.15) is 0 Å². The standard InChI is InChI=1S/C17H32N2O/c1-7-17(5,12-18-10-14(2)3)13-19(6)11-16-8-9-20-15(16)4/h8-9,14,18H,7,10-13H2,1-6H3. The maximum Gasteiger partial charge on any atom is 0.105 e. The van der Waals surface area contributed by atoms with Crippen LogP contribution in [0.3, 0.4) is 0 Å². The van der Waals surface area contributed by atoms with E-state index in [1.807, 2.05) is 6.92 Å². The summed E-state index contributed by atoms with van der Waals surface area (Å²) in [6.07, 6.45) is 2.97. The molecule has 1 N–H and O–H groups in total. The molecule has 1 aromatic heterocycles. The lowest BCUT2D eigenvalue weighted by molar-refractivity contribution is 0.173. The van der Waals surface area contributed by atoms with Crippen LogP contribution in [0.5, 0.6) is 0 Å². The van der Waals surface area contributed by atoms with Gasteiger partial charge in [0.2, 0.25) is 0 Å². The fourth-order valence-corrected chi connectivity index (χ4v) is 2.53. The van der Waals surface area contributed by atoms with Crippen LogP contribution in [-0.2, 0) is 6.54 Å². The highest BCUT2D eigenvalue weighted by atomic mass is 16.3. The number of hydrogen-bond donors (Lipinski definition) is 1. The monoisotopic (exact) mass is 280 g/mol. The maximum atomic E-state index is 5.37. The Morgan fingerprint density at radius 1 is 1.40 bits per heavy atom. The minimum Gasteiger partial charge on any atom is -0.469 e. The molecule has 1 heterocycles. The van der Waals surface area contributed by atoms with E-state index < -0.39 is 0 Å². The van der Waals surface area contributed by atoms with Crippen molar-refractivity contribution < 1.29 is 4.42 Å². The number of rotatable bonds is 9. The van der Waals surface area contributed by atoms with Crippen LogP contribution >= 0.6 is 0 Å². The zero-order chi connectivity index (χ0) is 15.2. The number of nitrogens with zero attached hydrogens (tertiary/aromatic N) is 1. The molecule has 1 atom stereocenters. The van der Waals surface area contributed by atoms with Crippen LogP contribution in [0.1, 0.15) is 45.4 Å². The molecule has 0 aliphatic heterocycles.